The average molecular weight is 228 g/mol. The molecule has 2 rings (SSSR count). The molecule has 1 aliphatic rings. The number of hydrogen-bond donors (Lipinski definition) is 0. The summed E-state index contributed by atoms with van der Waals surface area (Å²) < 4.78 is 2.07. The standard InChI is InChI=1S/C15H20N2/c1-5-7-12-8-9-14-13(10-12)15(11(3)4)16-17(14)6-2/h5,8-9,12H,1,3,6-7,10H2,2,4H3. The molecule has 1 atom stereocenters. The lowest BCUT2D eigenvalue weighted by Gasteiger charge is -2.16. The summed E-state index contributed by atoms with van der Waals surface area (Å²) in [6.45, 7) is 12.9. The largest absolute Gasteiger partial charge is 0.265 e. The minimum absolute atomic E-state index is 0.563. The summed E-state index contributed by atoms with van der Waals surface area (Å²) in [7, 11) is 0. The Kier molecular flexibility index (Phi) is 3.32. The van der Waals surface area contributed by atoms with Crippen molar-refractivity contribution in [2.45, 2.75) is 33.2 Å². The van der Waals surface area contributed by atoms with Crippen molar-refractivity contribution in [2.75, 3.05) is 0 Å². The SMILES string of the molecule is C=CCC1C=Cc2c(c(C(=C)C)nn2CC)C1. The quantitative estimate of drug-likeness (QED) is 0.718. The van der Waals surface area contributed by atoms with Gasteiger partial charge in [0.1, 0.15) is 0 Å². The zero-order chi connectivity index (χ0) is 12.4. The summed E-state index contributed by atoms with van der Waals surface area (Å²) >= 11 is 0. The van der Waals surface area contributed by atoms with Crippen molar-refractivity contribution in [3.63, 3.8) is 0 Å². The van der Waals surface area contributed by atoms with Gasteiger partial charge in [-0.1, -0.05) is 18.7 Å². The van der Waals surface area contributed by atoms with E-state index in [1.165, 1.54) is 11.3 Å². The molecule has 0 bridgehead atoms. The van der Waals surface area contributed by atoms with Gasteiger partial charge in [0, 0.05) is 12.1 Å². The lowest BCUT2D eigenvalue weighted by molar-refractivity contribution is 0.631. The summed E-state index contributed by atoms with van der Waals surface area (Å²) in [4.78, 5) is 0. The molecule has 90 valence electrons. The minimum Gasteiger partial charge on any atom is -0.265 e. The van der Waals surface area contributed by atoms with Gasteiger partial charge in [0.15, 0.2) is 0 Å². The van der Waals surface area contributed by atoms with Gasteiger partial charge in [0.05, 0.1) is 11.4 Å². The second-order valence-electron chi connectivity index (χ2n) is 4.66. The molecule has 1 heterocycles. The number of rotatable bonds is 4. The second-order valence-corrected chi connectivity index (χ2v) is 4.66. The first-order valence-corrected chi connectivity index (χ1v) is 6.22. The summed E-state index contributed by atoms with van der Waals surface area (Å²) in [5, 5.41) is 4.64. The van der Waals surface area contributed by atoms with Crippen molar-refractivity contribution < 1.29 is 0 Å². The Bertz CT molecular complexity index is 477. The maximum absolute atomic E-state index is 4.64. The normalized spacial score (nSPS) is 17.9. The molecule has 0 aromatic carbocycles. The molecule has 0 fully saturated rings. The molecule has 0 aliphatic heterocycles. The fraction of sp³-hybridized carbons (Fsp3) is 0.400. The third kappa shape index (κ3) is 2.12. The summed E-state index contributed by atoms with van der Waals surface area (Å²) in [6.07, 6.45) is 8.56. The van der Waals surface area contributed by atoms with Crippen molar-refractivity contribution >= 4 is 11.6 Å². The van der Waals surface area contributed by atoms with Crippen LogP contribution in [0.25, 0.3) is 11.6 Å². The third-order valence-corrected chi connectivity index (χ3v) is 3.26. The van der Waals surface area contributed by atoms with Crippen LogP contribution in [0.15, 0.2) is 25.3 Å². The van der Waals surface area contributed by atoms with Crippen LogP contribution in [0.3, 0.4) is 0 Å². The van der Waals surface area contributed by atoms with Crippen LogP contribution in [0.2, 0.25) is 0 Å². The molecule has 0 radical (unpaired) electrons. The molecule has 1 aliphatic carbocycles. The first-order valence-electron chi connectivity index (χ1n) is 6.22. The van der Waals surface area contributed by atoms with Crippen LogP contribution in [-0.4, -0.2) is 9.78 Å². The van der Waals surface area contributed by atoms with E-state index in [2.05, 4.69) is 42.0 Å². The highest BCUT2D eigenvalue weighted by atomic mass is 15.3. The molecule has 2 heteroatoms. The highest BCUT2D eigenvalue weighted by Crippen LogP contribution is 2.30. The number of allylic oxidation sites excluding steroid dienone is 3. The van der Waals surface area contributed by atoms with Crippen LogP contribution >= 0.6 is 0 Å². The van der Waals surface area contributed by atoms with Crippen molar-refractivity contribution in [1.82, 2.24) is 9.78 Å². The van der Waals surface area contributed by atoms with Gasteiger partial charge in [-0.2, -0.15) is 5.10 Å². The van der Waals surface area contributed by atoms with Crippen molar-refractivity contribution in [2.24, 2.45) is 5.92 Å². The fourth-order valence-corrected chi connectivity index (χ4v) is 2.42. The van der Waals surface area contributed by atoms with E-state index in [0.29, 0.717) is 5.92 Å². The van der Waals surface area contributed by atoms with Gasteiger partial charge in [-0.25, -0.2) is 0 Å². The van der Waals surface area contributed by atoms with Crippen LogP contribution in [0.1, 0.15) is 37.2 Å². The summed E-state index contributed by atoms with van der Waals surface area (Å²) in [5.41, 5.74) is 4.75. The number of nitrogens with zero attached hydrogens (tertiary/aromatic N) is 2. The topological polar surface area (TPSA) is 17.8 Å². The van der Waals surface area contributed by atoms with Crippen molar-refractivity contribution in [1.29, 1.82) is 0 Å². The average Bonchev–Trinajstić information content (AvgIpc) is 2.67. The van der Waals surface area contributed by atoms with E-state index in [9.17, 15) is 0 Å². The Labute approximate surface area is 103 Å². The molecule has 0 saturated carbocycles. The van der Waals surface area contributed by atoms with Gasteiger partial charge in [0.25, 0.3) is 0 Å². The lowest BCUT2D eigenvalue weighted by atomic mass is 9.89. The zero-order valence-corrected chi connectivity index (χ0v) is 10.7. The van der Waals surface area contributed by atoms with Gasteiger partial charge in [-0.3, -0.25) is 4.68 Å². The van der Waals surface area contributed by atoms with E-state index in [4.69, 9.17) is 0 Å². The van der Waals surface area contributed by atoms with Crippen LogP contribution in [0, 0.1) is 5.92 Å². The Morgan fingerprint density at radius 3 is 3.00 bits per heavy atom. The molecule has 0 saturated heterocycles. The van der Waals surface area contributed by atoms with Gasteiger partial charge < -0.3 is 0 Å². The van der Waals surface area contributed by atoms with Crippen molar-refractivity contribution in [3.8, 4) is 0 Å². The van der Waals surface area contributed by atoms with Crippen LogP contribution in [0.5, 0.6) is 0 Å². The summed E-state index contributed by atoms with van der Waals surface area (Å²) in [5.74, 6) is 0.563. The van der Waals surface area contributed by atoms with E-state index in [1.807, 2.05) is 13.0 Å². The van der Waals surface area contributed by atoms with E-state index in [0.717, 1.165) is 30.7 Å². The molecule has 17 heavy (non-hydrogen) atoms. The minimum atomic E-state index is 0.563. The molecule has 1 aromatic rings. The van der Waals surface area contributed by atoms with Crippen LogP contribution in [0.4, 0.5) is 0 Å². The second kappa shape index (κ2) is 4.74. The number of hydrogen-bond acceptors (Lipinski definition) is 1. The highest BCUT2D eigenvalue weighted by Gasteiger charge is 2.21. The molecule has 0 N–H and O–H groups in total. The predicted octanol–water partition coefficient (Wildman–Crippen LogP) is 3.70. The first kappa shape index (κ1) is 11.9. The number of aromatic nitrogens is 2. The van der Waals surface area contributed by atoms with E-state index >= 15 is 0 Å². The molecule has 1 unspecified atom stereocenters. The fourth-order valence-electron chi connectivity index (χ4n) is 2.42. The monoisotopic (exact) mass is 228 g/mol. The van der Waals surface area contributed by atoms with E-state index in [-0.39, 0.29) is 0 Å². The Balaban J connectivity index is 2.43. The van der Waals surface area contributed by atoms with E-state index in [1.54, 1.807) is 0 Å². The maximum Gasteiger partial charge on any atom is 0.0912 e. The zero-order valence-electron chi connectivity index (χ0n) is 10.7. The van der Waals surface area contributed by atoms with Gasteiger partial charge in [0.2, 0.25) is 0 Å². The Morgan fingerprint density at radius 2 is 2.41 bits per heavy atom. The highest BCUT2D eigenvalue weighted by molar-refractivity contribution is 5.67. The molecular weight excluding hydrogens is 208 g/mol. The molecule has 1 aromatic heterocycles. The van der Waals surface area contributed by atoms with E-state index < -0.39 is 0 Å². The lowest BCUT2D eigenvalue weighted by Crippen LogP contribution is -2.08. The first-order chi connectivity index (χ1) is 8.17. The Hall–Kier alpha value is -1.57. The van der Waals surface area contributed by atoms with Gasteiger partial charge in [-0.15, -0.1) is 6.58 Å². The van der Waals surface area contributed by atoms with Gasteiger partial charge in [-0.05, 0) is 44.3 Å². The van der Waals surface area contributed by atoms with Gasteiger partial charge >= 0.3 is 0 Å². The number of fused-ring (bicyclic) bond motifs is 1. The predicted molar refractivity (Wildman–Crippen MR) is 73.7 cm³/mol. The van der Waals surface area contributed by atoms with Crippen molar-refractivity contribution in [3.05, 3.63) is 42.3 Å². The molecular formula is C15H20N2. The smallest absolute Gasteiger partial charge is 0.0912 e. The molecule has 2 nitrogen and oxygen atoms in total. The number of aryl methyl sites for hydroxylation is 1. The summed E-state index contributed by atoms with van der Waals surface area (Å²) in [6, 6.07) is 0. The maximum atomic E-state index is 4.64. The molecule has 0 spiro atoms. The third-order valence-electron chi connectivity index (χ3n) is 3.26. The molecule has 0 amide bonds. The van der Waals surface area contributed by atoms with Crippen LogP contribution in [-0.2, 0) is 13.0 Å². The Morgan fingerprint density at radius 1 is 1.65 bits per heavy atom. The van der Waals surface area contributed by atoms with Crippen LogP contribution < -0.4 is 0 Å².